The molecule has 0 fully saturated rings. The molecule has 3 heteroatoms. The SMILES string of the molecule is CC1CC(c2ccc(N=O)cc2)=CCN1C. The van der Waals surface area contributed by atoms with Gasteiger partial charge in [-0.2, -0.15) is 0 Å². The number of likely N-dealkylation sites (N-methyl/N-ethyl adjacent to an activating group) is 1. The number of rotatable bonds is 2. The van der Waals surface area contributed by atoms with Crippen molar-refractivity contribution in [1.82, 2.24) is 4.90 Å². The van der Waals surface area contributed by atoms with E-state index < -0.39 is 0 Å². The van der Waals surface area contributed by atoms with Crippen LogP contribution in [0.3, 0.4) is 0 Å². The molecule has 84 valence electrons. The molecule has 1 atom stereocenters. The summed E-state index contributed by atoms with van der Waals surface area (Å²) in [5.74, 6) is 0. The summed E-state index contributed by atoms with van der Waals surface area (Å²) in [6.45, 7) is 3.22. The molecule has 1 unspecified atom stereocenters. The summed E-state index contributed by atoms with van der Waals surface area (Å²) in [7, 11) is 2.14. The lowest BCUT2D eigenvalue weighted by Crippen LogP contribution is -2.32. The maximum Gasteiger partial charge on any atom is 0.108 e. The maximum absolute atomic E-state index is 10.3. The minimum atomic E-state index is 0.491. The van der Waals surface area contributed by atoms with Crippen LogP contribution >= 0.6 is 0 Å². The molecule has 2 rings (SSSR count). The zero-order valence-electron chi connectivity index (χ0n) is 9.68. The fourth-order valence-corrected chi connectivity index (χ4v) is 1.96. The Labute approximate surface area is 95.7 Å². The summed E-state index contributed by atoms with van der Waals surface area (Å²) in [6, 6.07) is 8.06. The Morgan fingerprint density at radius 2 is 2.00 bits per heavy atom. The molecule has 1 aromatic carbocycles. The Morgan fingerprint density at radius 3 is 2.56 bits per heavy atom. The summed E-state index contributed by atoms with van der Waals surface area (Å²) < 4.78 is 0. The Kier molecular flexibility index (Phi) is 3.15. The monoisotopic (exact) mass is 216 g/mol. The van der Waals surface area contributed by atoms with E-state index in [4.69, 9.17) is 0 Å². The molecule has 0 bridgehead atoms. The second-order valence-corrected chi connectivity index (χ2v) is 4.36. The molecular formula is C13H16N2O. The first-order valence-electron chi connectivity index (χ1n) is 5.54. The molecule has 0 aliphatic carbocycles. The first-order chi connectivity index (χ1) is 7.70. The van der Waals surface area contributed by atoms with E-state index in [-0.39, 0.29) is 0 Å². The number of benzene rings is 1. The predicted octanol–water partition coefficient (Wildman–Crippen LogP) is 3.19. The van der Waals surface area contributed by atoms with Crippen LogP contribution in [-0.4, -0.2) is 24.5 Å². The van der Waals surface area contributed by atoms with E-state index >= 15 is 0 Å². The highest BCUT2D eigenvalue weighted by Gasteiger charge is 2.16. The minimum absolute atomic E-state index is 0.491. The molecule has 0 aromatic heterocycles. The van der Waals surface area contributed by atoms with Crippen molar-refractivity contribution in [2.45, 2.75) is 19.4 Å². The smallest absolute Gasteiger partial charge is 0.108 e. The Morgan fingerprint density at radius 1 is 1.31 bits per heavy atom. The summed E-state index contributed by atoms with van der Waals surface area (Å²) in [5.41, 5.74) is 3.06. The van der Waals surface area contributed by atoms with Gasteiger partial charge in [-0.15, -0.1) is 4.91 Å². The van der Waals surface area contributed by atoms with Crippen molar-refractivity contribution < 1.29 is 0 Å². The molecule has 3 nitrogen and oxygen atoms in total. The molecule has 0 radical (unpaired) electrons. The molecule has 1 aliphatic rings. The van der Waals surface area contributed by atoms with Gasteiger partial charge < -0.3 is 0 Å². The van der Waals surface area contributed by atoms with E-state index in [1.165, 1.54) is 11.1 Å². The van der Waals surface area contributed by atoms with Gasteiger partial charge in [-0.05, 0) is 48.8 Å². The molecule has 1 aliphatic heterocycles. The third-order valence-corrected chi connectivity index (χ3v) is 3.24. The van der Waals surface area contributed by atoms with Gasteiger partial charge in [0, 0.05) is 12.6 Å². The molecule has 1 aromatic rings. The summed E-state index contributed by atoms with van der Waals surface area (Å²) >= 11 is 0. The molecule has 0 spiro atoms. The third-order valence-electron chi connectivity index (χ3n) is 3.24. The van der Waals surface area contributed by atoms with Crippen LogP contribution < -0.4 is 0 Å². The van der Waals surface area contributed by atoms with E-state index in [2.05, 4.69) is 30.1 Å². The molecule has 0 saturated carbocycles. The topological polar surface area (TPSA) is 32.7 Å². The van der Waals surface area contributed by atoms with Crippen LogP contribution in [0, 0.1) is 4.91 Å². The maximum atomic E-state index is 10.3. The number of hydrogen-bond donors (Lipinski definition) is 0. The fraction of sp³-hybridized carbons (Fsp3) is 0.385. The molecule has 0 amide bonds. The summed E-state index contributed by atoms with van der Waals surface area (Å²) in [5, 5.41) is 2.91. The first-order valence-corrected chi connectivity index (χ1v) is 5.54. The number of nitrogens with zero attached hydrogens (tertiary/aromatic N) is 2. The van der Waals surface area contributed by atoms with E-state index in [1.54, 1.807) is 12.1 Å². The number of nitroso groups, excluding NO2 is 1. The summed E-state index contributed by atoms with van der Waals surface area (Å²) in [6.07, 6.45) is 3.31. The Balaban J connectivity index is 2.21. The molecular weight excluding hydrogens is 200 g/mol. The second-order valence-electron chi connectivity index (χ2n) is 4.36. The Bertz CT molecular complexity index is 408. The van der Waals surface area contributed by atoms with Gasteiger partial charge in [0.15, 0.2) is 0 Å². The second kappa shape index (κ2) is 4.58. The average molecular weight is 216 g/mol. The van der Waals surface area contributed by atoms with E-state index in [0.717, 1.165) is 13.0 Å². The quantitative estimate of drug-likeness (QED) is 0.711. The van der Waals surface area contributed by atoms with Gasteiger partial charge in [-0.3, -0.25) is 4.90 Å². The minimum Gasteiger partial charge on any atom is -0.300 e. The third kappa shape index (κ3) is 2.19. The van der Waals surface area contributed by atoms with Gasteiger partial charge in [-0.25, -0.2) is 0 Å². The van der Waals surface area contributed by atoms with Crippen molar-refractivity contribution in [3.8, 4) is 0 Å². The van der Waals surface area contributed by atoms with Gasteiger partial charge in [0.2, 0.25) is 0 Å². The normalized spacial score (nSPS) is 21.6. The van der Waals surface area contributed by atoms with Crippen molar-refractivity contribution in [2.24, 2.45) is 5.18 Å². The van der Waals surface area contributed by atoms with Crippen molar-refractivity contribution in [1.29, 1.82) is 0 Å². The van der Waals surface area contributed by atoms with Crippen molar-refractivity contribution in [2.75, 3.05) is 13.6 Å². The highest BCUT2D eigenvalue weighted by molar-refractivity contribution is 5.68. The van der Waals surface area contributed by atoms with Crippen LogP contribution in [-0.2, 0) is 0 Å². The molecule has 0 N–H and O–H groups in total. The van der Waals surface area contributed by atoms with E-state index in [0.29, 0.717) is 11.7 Å². The van der Waals surface area contributed by atoms with Gasteiger partial charge in [0.25, 0.3) is 0 Å². The van der Waals surface area contributed by atoms with Crippen LogP contribution in [0.5, 0.6) is 0 Å². The zero-order chi connectivity index (χ0) is 11.5. The fourth-order valence-electron chi connectivity index (χ4n) is 1.96. The molecule has 0 saturated heterocycles. The van der Waals surface area contributed by atoms with Gasteiger partial charge in [-0.1, -0.05) is 18.2 Å². The standard InChI is InChI=1S/C13H16N2O/c1-10-9-12(7-8-15(10)2)11-3-5-13(14-16)6-4-11/h3-7,10H,8-9H2,1-2H3. The highest BCUT2D eigenvalue weighted by Crippen LogP contribution is 2.26. The van der Waals surface area contributed by atoms with Gasteiger partial charge >= 0.3 is 0 Å². The Hall–Kier alpha value is -1.48. The van der Waals surface area contributed by atoms with Crippen molar-refractivity contribution in [3.63, 3.8) is 0 Å². The highest BCUT2D eigenvalue weighted by atomic mass is 16.3. The first kappa shape index (κ1) is 11.0. The predicted molar refractivity (Wildman–Crippen MR) is 66.6 cm³/mol. The van der Waals surface area contributed by atoms with Crippen molar-refractivity contribution >= 4 is 11.3 Å². The lowest BCUT2D eigenvalue weighted by Gasteiger charge is -2.29. The van der Waals surface area contributed by atoms with E-state index in [1.807, 2.05) is 12.1 Å². The average Bonchev–Trinajstić information content (AvgIpc) is 2.33. The lowest BCUT2D eigenvalue weighted by atomic mass is 9.95. The van der Waals surface area contributed by atoms with Crippen LogP contribution in [0.1, 0.15) is 18.9 Å². The zero-order valence-corrected chi connectivity index (χ0v) is 9.68. The van der Waals surface area contributed by atoms with Crippen LogP contribution in [0.4, 0.5) is 5.69 Å². The van der Waals surface area contributed by atoms with Crippen LogP contribution in [0.2, 0.25) is 0 Å². The number of hydrogen-bond acceptors (Lipinski definition) is 3. The largest absolute Gasteiger partial charge is 0.300 e. The molecule has 16 heavy (non-hydrogen) atoms. The van der Waals surface area contributed by atoms with Crippen LogP contribution in [0.25, 0.3) is 5.57 Å². The lowest BCUT2D eigenvalue weighted by molar-refractivity contribution is 0.279. The van der Waals surface area contributed by atoms with E-state index in [9.17, 15) is 4.91 Å². The molecule has 1 heterocycles. The van der Waals surface area contributed by atoms with Crippen LogP contribution in [0.15, 0.2) is 35.5 Å². The van der Waals surface area contributed by atoms with Gasteiger partial charge in [0.05, 0.1) is 0 Å². The van der Waals surface area contributed by atoms with Crippen molar-refractivity contribution in [3.05, 3.63) is 40.8 Å². The summed E-state index contributed by atoms with van der Waals surface area (Å²) in [4.78, 5) is 12.6. The van der Waals surface area contributed by atoms with Gasteiger partial charge in [0.1, 0.15) is 5.69 Å².